The summed E-state index contributed by atoms with van der Waals surface area (Å²) < 4.78 is 15.6. The van der Waals surface area contributed by atoms with Gasteiger partial charge in [-0.1, -0.05) is 11.3 Å². The van der Waals surface area contributed by atoms with Crippen LogP contribution in [0.2, 0.25) is 0 Å². The molecular formula is C12H10FN5S. The van der Waals surface area contributed by atoms with E-state index < -0.39 is 0 Å². The van der Waals surface area contributed by atoms with Gasteiger partial charge in [0, 0.05) is 17.2 Å². The first kappa shape index (κ1) is 10.9. The van der Waals surface area contributed by atoms with Gasteiger partial charge in [0.25, 0.3) is 0 Å². The van der Waals surface area contributed by atoms with Gasteiger partial charge in [0.05, 0.1) is 0 Å². The number of nitrogens with zero attached hydrogens (tertiary/aromatic N) is 4. The Morgan fingerprint density at radius 3 is 2.89 bits per heavy atom. The lowest BCUT2D eigenvalue weighted by Crippen LogP contribution is -1.94. The van der Waals surface area contributed by atoms with Gasteiger partial charge in [0.2, 0.25) is 4.96 Å². The van der Waals surface area contributed by atoms with Gasteiger partial charge in [-0.15, -0.1) is 10.2 Å². The van der Waals surface area contributed by atoms with E-state index in [4.69, 9.17) is 5.73 Å². The zero-order chi connectivity index (χ0) is 13.0. The van der Waals surface area contributed by atoms with Gasteiger partial charge in [-0.05, 0) is 31.0 Å². The number of halogens is 1. The van der Waals surface area contributed by atoms with Crippen molar-refractivity contribution in [1.82, 2.24) is 19.8 Å². The van der Waals surface area contributed by atoms with Crippen molar-refractivity contribution < 1.29 is 4.39 Å². The Balaban J connectivity index is 1.86. The van der Waals surface area contributed by atoms with Crippen molar-refractivity contribution in [2.45, 2.75) is 18.8 Å². The maximum absolute atomic E-state index is 13.9. The van der Waals surface area contributed by atoms with Gasteiger partial charge < -0.3 is 5.73 Å². The third-order valence-corrected chi connectivity index (χ3v) is 4.11. The standard InChI is InChI=1S/C12H10FN5S/c13-9-5-7(14)3-4-8(9)11-17-18-10(6-1-2-6)15-16-12(18)19-11/h3-6H,1-2,14H2. The molecular weight excluding hydrogens is 265 g/mol. The molecule has 3 aromatic rings. The fourth-order valence-electron chi connectivity index (χ4n) is 2.04. The zero-order valence-electron chi connectivity index (χ0n) is 9.88. The Labute approximate surface area is 111 Å². The number of rotatable bonds is 2. The first-order valence-corrected chi connectivity index (χ1v) is 6.81. The van der Waals surface area contributed by atoms with Crippen molar-refractivity contribution in [2.75, 3.05) is 5.73 Å². The van der Waals surface area contributed by atoms with E-state index in [1.54, 1.807) is 16.6 Å². The molecule has 0 bridgehead atoms. The van der Waals surface area contributed by atoms with Crippen LogP contribution in [0.1, 0.15) is 24.6 Å². The van der Waals surface area contributed by atoms with Crippen LogP contribution >= 0.6 is 11.3 Å². The molecule has 0 amide bonds. The summed E-state index contributed by atoms with van der Waals surface area (Å²) in [7, 11) is 0. The maximum atomic E-state index is 13.9. The second kappa shape index (κ2) is 3.74. The number of nitrogen functional groups attached to an aromatic ring is 1. The number of anilines is 1. The minimum absolute atomic E-state index is 0.363. The van der Waals surface area contributed by atoms with Crippen LogP contribution in [0.25, 0.3) is 15.5 Å². The molecule has 7 heteroatoms. The lowest BCUT2D eigenvalue weighted by molar-refractivity contribution is 0.631. The largest absolute Gasteiger partial charge is 0.399 e. The average Bonchev–Trinajstić information content (AvgIpc) is 2.99. The van der Waals surface area contributed by atoms with Crippen LogP contribution in [-0.4, -0.2) is 19.8 Å². The van der Waals surface area contributed by atoms with Gasteiger partial charge in [-0.3, -0.25) is 0 Å². The van der Waals surface area contributed by atoms with Crippen LogP contribution in [0.5, 0.6) is 0 Å². The SMILES string of the molecule is Nc1ccc(-c2nn3c(C4CC4)nnc3s2)c(F)c1. The minimum Gasteiger partial charge on any atom is -0.399 e. The highest BCUT2D eigenvalue weighted by Crippen LogP contribution is 2.40. The van der Waals surface area contributed by atoms with Gasteiger partial charge in [-0.25, -0.2) is 4.39 Å². The van der Waals surface area contributed by atoms with Crippen molar-refractivity contribution in [1.29, 1.82) is 0 Å². The first-order valence-electron chi connectivity index (χ1n) is 6.00. The van der Waals surface area contributed by atoms with Crippen molar-refractivity contribution in [2.24, 2.45) is 0 Å². The fourth-order valence-corrected chi connectivity index (χ4v) is 2.92. The van der Waals surface area contributed by atoms with E-state index in [0.29, 0.717) is 27.1 Å². The molecule has 2 aromatic heterocycles. The highest BCUT2D eigenvalue weighted by atomic mass is 32.1. The molecule has 2 heterocycles. The summed E-state index contributed by atoms with van der Waals surface area (Å²) in [4.78, 5) is 0.702. The third kappa shape index (κ3) is 1.69. The molecule has 1 aliphatic carbocycles. The Kier molecular flexibility index (Phi) is 2.14. The summed E-state index contributed by atoms with van der Waals surface area (Å²) in [6.07, 6.45) is 2.26. The molecule has 1 aromatic carbocycles. The predicted octanol–water partition coefficient (Wildman–Crippen LogP) is 2.45. The van der Waals surface area contributed by atoms with Crippen molar-refractivity contribution >= 4 is 22.0 Å². The Morgan fingerprint density at radius 1 is 1.32 bits per heavy atom. The molecule has 0 unspecified atom stereocenters. The number of benzene rings is 1. The molecule has 19 heavy (non-hydrogen) atoms. The quantitative estimate of drug-likeness (QED) is 0.729. The monoisotopic (exact) mass is 275 g/mol. The average molecular weight is 275 g/mol. The third-order valence-electron chi connectivity index (χ3n) is 3.18. The fraction of sp³-hybridized carbons (Fsp3) is 0.250. The summed E-state index contributed by atoms with van der Waals surface area (Å²) >= 11 is 1.33. The Hall–Kier alpha value is -2.02. The Morgan fingerprint density at radius 2 is 2.16 bits per heavy atom. The van der Waals surface area contributed by atoms with Crippen LogP contribution < -0.4 is 5.73 Å². The molecule has 96 valence electrons. The highest BCUT2D eigenvalue weighted by molar-refractivity contribution is 7.19. The first-order chi connectivity index (χ1) is 9.22. The molecule has 2 N–H and O–H groups in total. The second-order valence-corrected chi connectivity index (χ2v) is 5.63. The topological polar surface area (TPSA) is 69.1 Å². The molecule has 1 fully saturated rings. The van der Waals surface area contributed by atoms with Gasteiger partial charge in [-0.2, -0.15) is 9.61 Å². The van der Waals surface area contributed by atoms with E-state index in [2.05, 4.69) is 15.3 Å². The number of fused-ring (bicyclic) bond motifs is 1. The molecule has 0 radical (unpaired) electrons. The van der Waals surface area contributed by atoms with Crippen LogP contribution in [0.4, 0.5) is 10.1 Å². The van der Waals surface area contributed by atoms with E-state index in [-0.39, 0.29) is 5.82 Å². The van der Waals surface area contributed by atoms with Gasteiger partial charge >= 0.3 is 0 Å². The van der Waals surface area contributed by atoms with Crippen LogP contribution in [-0.2, 0) is 0 Å². The Bertz CT molecular complexity index is 774. The molecule has 5 nitrogen and oxygen atoms in total. The lowest BCUT2D eigenvalue weighted by Gasteiger charge is -1.99. The summed E-state index contributed by atoms with van der Waals surface area (Å²) in [6, 6.07) is 4.62. The predicted molar refractivity (Wildman–Crippen MR) is 70.4 cm³/mol. The maximum Gasteiger partial charge on any atom is 0.234 e. The smallest absolute Gasteiger partial charge is 0.234 e. The second-order valence-electron chi connectivity index (χ2n) is 4.67. The highest BCUT2D eigenvalue weighted by Gasteiger charge is 2.30. The van der Waals surface area contributed by atoms with E-state index in [1.807, 2.05) is 0 Å². The molecule has 0 spiro atoms. The number of hydrogen-bond donors (Lipinski definition) is 1. The van der Waals surface area contributed by atoms with Gasteiger partial charge in [0.1, 0.15) is 5.82 Å². The number of nitrogens with two attached hydrogens (primary N) is 1. The van der Waals surface area contributed by atoms with Crippen molar-refractivity contribution in [3.63, 3.8) is 0 Å². The number of aromatic nitrogens is 4. The van der Waals surface area contributed by atoms with Crippen LogP contribution in [0.3, 0.4) is 0 Å². The van der Waals surface area contributed by atoms with Crippen molar-refractivity contribution in [3.8, 4) is 10.6 Å². The molecule has 0 aliphatic heterocycles. The van der Waals surface area contributed by atoms with Gasteiger partial charge in [0.15, 0.2) is 10.8 Å². The number of hydrogen-bond acceptors (Lipinski definition) is 5. The zero-order valence-corrected chi connectivity index (χ0v) is 10.7. The molecule has 1 saturated carbocycles. The summed E-state index contributed by atoms with van der Waals surface area (Å²) in [5.41, 5.74) is 6.40. The molecule has 4 rings (SSSR count). The summed E-state index contributed by atoms with van der Waals surface area (Å²) in [5.74, 6) is 0.979. The van der Waals surface area contributed by atoms with E-state index in [1.165, 1.54) is 17.4 Å². The molecule has 0 atom stereocenters. The van der Waals surface area contributed by atoms with Crippen molar-refractivity contribution in [3.05, 3.63) is 29.8 Å². The lowest BCUT2D eigenvalue weighted by atomic mass is 10.2. The summed E-state index contributed by atoms with van der Waals surface area (Å²) in [5, 5.41) is 13.3. The molecule has 1 aliphatic rings. The summed E-state index contributed by atoms with van der Waals surface area (Å²) in [6.45, 7) is 0. The minimum atomic E-state index is -0.363. The normalized spacial score (nSPS) is 15.2. The van der Waals surface area contributed by atoms with E-state index >= 15 is 0 Å². The van der Waals surface area contributed by atoms with Crippen LogP contribution in [0.15, 0.2) is 18.2 Å². The molecule has 0 saturated heterocycles. The van der Waals surface area contributed by atoms with E-state index in [0.717, 1.165) is 18.7 Å². The van der Waals surface area contributed by atoms with E-state index in [9.17, 15) is 4.39 Å². The van der Waals surface area contributed by atoms with Crippen LogP contribution in [0, 0.1) is 5.82 Å².